The summed E-state index contributed by atoms with van der Waals surface area (Å²) >= 11 is 3.64. The van der Waals surface area contributed by atoms with Crippen molar-refractivity contribution in [1.82, 2.24) is 0 Å². The maximum atomic E-state index is 11.4. The Morgan fingerprint density at radius 3 is 2.59 bits per heavy atom. The fourth-order valence-corrected chi connectivity index (χ4v) is 4.55. The van der Waals surface area contributed by atoms with Crippen LogP contribution in [0.25, 0.3) is 10.1 Å². The minimum atomic E-state index is -0.156. The van der Waals surface area contributed by atoms with Crippen molar-refractivity contribution in [1.29, 1.82) is 0 Å². The Morgan fingerprint density at radius 1 is 1.29 bits per heavy atom. The van der Waals surface area contributed by atoms with Gasteiger partial charge in [-0.2, -0.15) is 0 Å². The highest BCUT2D eigenvalue weighted by Crippen LogP contribution is 2.39. The first-order valence-corrected chi connectivity index (χ1v) is 7.48. The zero-order valence-electron chi connectivity index (χ0n) is 10.3. The lowest BCUT2D eigenvalue weighted by atomic mass is 10.1. The standard InChI is InChI=1S/C13H16O2S2/c1-4-9-12-8(6-11(14)15-3)7-16-13(12)10(5-2)17-9/h7H,4-6H2,1-3H3. The van der Waals surface area contributed by atoms with E-state index in [9.17, 15) is 4.79 Å². The highest BCUT2D eigenvalue weighted by molar-refractivity contribution is 7.23. The topological polar surface area (TPSA) is 26.3 Å². The number of carbonyl (C=O) groups is 1. The molecule has 2 rings (SSSR count). The van der Waals surface area contributed by atoms with Gasteiger partial charge in [0.1, 0.15) is 0 Å². The van der Waals surface area contributed by atoms with Crippen molar-refractivity contribution in [2.75, 3.05) is 7.11 Å². The number of methoxy groups -OCH3 is 1. The molecule has 0 saturated carbocycles. The summed E-state index contributed by atoms with van der Waals surface area (Å²) in [5, 5.41) is 3.41. The van der Waals surface area contributed by atoms with Crippen molar-refractivity contribution < 1.29 is 9.53 Å². The summed E-state index contributed by atoms with van der Waals surface area (Å²) in [5.74, 6) is -0.156. The van der Waals surface area contributed by atoms with E-state index in [-0.39, 0.29) is 5.97 Å². The monoisotopic (exact) mass is 268 g/mol. The Hall–Kier alpha value is -0.870. The summed E-state index contributed by atoms with van der Waals surface area (Å²) in [7, 11) is 1.44. The minimum Gasteiger partial charge on any atom is -0.469 e. The summed E-state index contributed by atoms with van der Waals surface area (Å²) in [6, 6.07) is 0. The van der Waals surface area contributed by atoms with E-state index >= 15 is 0 Å². The van der Waals surface area contributed by atoms with Crippen molar-refractivity contribution >= 4 is 38.7 Å². The van der Waals surface area contributed by atoms with E-state index < -0.39 is 0 Å². The van der Waals surface area contributed by atoms with Gasteiger partial charge in [-0.25, -0.2) is 0 Å². The quantitative estimate of drug-likeness (QED) is 0.788. The molecule has 2 aromatic heterocycles. The Bertz CT molecular complexity index is 537. The van der Waals surface area contributed by atoms with Crippen LogP contribution >= 0.6 is 22.7 Å². The summed E-state index contributed by atoms with van der Waals surface area (Å²) in [6.45, 7) is 4.36. The van der Waals surface area contributed by atoms with Crippen LogP contribution in [0, 0.1) is 0 Å². The molecule has 0 fully saturated rings. The van der Waals surface area contributed by atoms with Gasteiger partial charge in [-0.05, 0) is 23.8 Å². The number of thiophene rings is 2. The lowest BCUT2D eigenvalue weighted by Crippen LogP contribution is -2.03. The molecule has 0 spiro atoms. The molecule has 0 amide bonds. The van der Waals surface area contributed by atoms with Crippen molar-refractivity contribution in [2.45, 2.75) is 33.1 Å². The predicted octanol–water partition coefficient (Wildman–Crippen LogP) is 3.80. The zero-order chi connectivity index (χ0) is 12.4. The molecule has 0 N–H and O–H groups in total. The second-order valence-electron chi connectivity index (χ2n) is 3.87. The average molecular weight is 268 g/mol. The fourth-order valence-electron chi connectivity index (χ4n) is 1.99. The Kier molecular flexibility index (Phi) is 3.84. The molecule has 17 heavy (non-hydrogen) atoms. The molecule has 2 nitrogen and oxygen atoms in total. The molecular weight excluding hydrogens is 252 g/mol. The third-order valence-electron chi connectivity index (χ3n) is 2.85. The average Bonchev–Trinajstić information content (AvgIpc) is 2.89. The van der Waals surface area contributed by atoms with Crippen molar-refractivity contribution in [3.63, 3.8) is 0 Å². The first-order valence-electron chi connectivity index (χ1n) is 5.78. The van der Waals surface area contributed by atoms with Gasteiger partial charge in [0, 0.05) is 19.8 Å². The Labute approximate surface area is 109 Å². The summed E-state index contributed by atoms with van der Waals surface area (Å²) in [6.07, 6.45) is 2.49. The van der Waals surface area contributed by atoms with E-state index in [4.69, 9.17) is 4.74 Å². The molecule has 0 unspecified atom stereocenters. The minimum absolute atomic E-state index is 0.156. The third kappa shape index (κ3) is 2.24. The number of hydrogen-bond acceptors (Lipinski definition) is 4. The molecular formula is C13H16O2S2. The van der Waals surface area contributed by atoms with Crippen LogP contribution in [0.4, 0.5) is 0 Å². The van der Waals surface area contributed by atoms with Crippen LogP contribution < -0.4 is 0 Å². The summed E-state index contributed by atoms with van der Waals surface area (Å²) in [5.41, 5.74) is 1.13. The maximum Gasteiger partial charge on any atom is 0.310 e. The SMILES string of the molecule is CCc1sc(CC)c2c(CC(=O)OC)csc12. The van der Waals surface area contributed by atoms with Crippen LogP contribution in [0.1, 0.15) is 29.2 Å². The lowest BCUT2D eigenvalue weighted by molar-refractivity contribution is -0.139. The number of rotatable bonds is 4. The normalized spacial score (nSPS) is 11.0. The van der Waals surface area contributed by atoms with Gasteiger partial charge in [0.2, 0.25) is 0 Å². The number of hydrogen-bond donors (Lipinski definition) is 0. The molecule has 0 aliphatic heterocycles. The molecule has 0 radical (unpaired) electrons. The number of fused-ring (bicyclic) bond motifs is 1. The summed E-state index contributed by atoms with van der Waals surface area (Å²) < 4.78 is 6.12. The van der Waals surface area contributed by atoms with Crippen LogP contribution in [0.15, 0.2) is 5.38 Å². The molecule has 0 saturated heterocycles. The predicted molar refractivity (Wildman–Crippen MR) is 74.2 cm³/mol. The largest absolute Gasteiger partial charge is 0.469 e. The van der Waals surface area contributed by atoms with E-state index in [1.807, 2.05) is 11.3 Å². The number of ether oxygens (including phenoxy) is 1. The second-order valence-corrected chi connectivity index (χ2v) is 5.94. The highest BCUT2D eigenvalue weighted by Gasteiger charge is 2.16. The van der Waals surface area contributed by atoms with E-state index in [1.165, 1.54) is 27.0 Å². The maximum absolute atomic E-state index is 11.4. The second kappa shape index (κ2) is 5.19. The molecule has 0 bridgehead atoms. The van der Waals surface area contributed by atoms with Crippen LogP contribution in [0.2, 0.25) is 0 Å². The van der Waals surface area contributed by atoms with Crippen LogP contribution in [-0.2, 0) is 28.8 Å². The van der Waals surface area contributed by atoms with Crippen molar-refractivity contribution in [3.05, 3.63) is 20.7 Å². The van der Waals surface area contributed by atoms with Crippen LogP contribution in [0.3, 0.4) is 0 Å². The van der Waals surface area contributed by atoms with E-state index in [1.54, 1.807) is 11.3 Å². The third-order valence-corrected chi connectivity index (χ3v) is 5.55. The Morgan fingerprint density at radius 2 is 2.00 bits per heavy atom. The molecule has 92 valence electrons. The number of carbonyl (C=O) groups excluding carboxylic acids is 1. The first kappa shape index (κ1) is 12.6. The van der Waals surface area contributed by atoms with Crippen molar-refractivity contribution in [3.8, 4) is 0 Å². The van der Waals surface area contributed by atoms with Crippen LogP contribution in [0.5, 0.6) is 0 Å². The van der Waals surface area contributed by atoms with Gasteiger partial charge in [-0.15, -0.1) is 22.7 Å². The van der Waals surface area contributed by atoms with Gasteiger partial charge in [-0.3, -0.25) is 4.79 Å². The van der Waals surface area contributed by atoms with E-state index in [0.29, 0.717) is 6.42 Å². The molecule has 0 atom stereocenters. The molecule has 2 heterocycles. The molecule has 2 aromatic rings. The van der Waals surface area contributed by atoms with Gasteiger partial charge in [-0.1, -0.05) is 13.8 Å². The van der Waals surface area contributed by atoms with Gasteiger partial charge in [0.25, 0.3) is 0 Å². The Balaban J connectivity index is 2.50. The molecule has 0 aliphatic carbocycles. The fraction of sp³-hybridized carbons (Fsp3) is 0.462. The number of aryl methyl sites for hydroxylation is 2. The number of esters is 1. The summed E-state index contributed by atoms with van der Waals surface area (Å²) in [4.78, 5) is 14.2. The van der Waals surface area contributed by atoms with Gasteiger partial charge >= 0.3 is 5.97 Å². The van der Waals surface area contributed by atoms with Gasteiger partial charge in [0.05, 0.1) is 13.5 Å². The van der Waals surface area contributed by atoms with Gasteiger partial charge in [0.15, 0.2) is 0 Å². The first-order chi connectivity index (χ1) is 8.21. The van der Waals surface area contributed by atoms with Gasteiger partial charge < -0.3 is 4.74 Å². The molecule has 0 aliphatic rings. The smallest absolute Gasteiger partial charge is 0.310 e. The van der Waals surface area contributed by atoms with E-state index in [0.717, 1.165) is 18.4 Å². The van der Waals surface area contributed by atoms with Crippen molar-refractivity contribution in [2.24, 2.45) is 0 Å². The highest BCUT2D eigenvalue weighted by atomic mass is 32.1. The molecule has 4 heteroatoms. The van der Waals surface area contributed by atoms with E-state index in [2.05, 4.69) is 19.2 Å². The van der Waals surface area contributed by atoms with Crippen LogP contribution in [-0.4, -0.2) is 13.1 Å². The molecule has 0 aromatic carbocycles. The lowest BCUT2D eigenvalue weighted by Gasteiger charge is -1.98. The zero-order valence-corrected chi connectivity index (χ0v) is 12.0.